The van der Waals surface area contributed by atoms with Gasteiger partial charge in [0.1, 0.15) is 0 Å². The quantitative estimate of drug-likeness (QED) is 0.799. The molecule has 0 atom stereocenters. The van der Waals surface area contributed by atoms with Crippen molar-refractivity contribution in [3.63, 3.8) is 0 Å². The number of sulfonamides is 1. The van der Waals surface area contributed by atoms with Gasteiger partial charge in [-0.25, -0.2) is 8.42 Å². The van der Waals surface area contributed by atoms with Crippen LogP contribution >= 0.6 is 0 Å². The second kappa shape index (κ2) is 4.93. The normalized spacial score (nSPS) is 44.3. The molecule has 1 saturated heterocycles. The van der Waals surface area contributed by atoms with E-state index in [1.807, 2.05) is 0 Å². The molecule has 5 aliphatic rings. The average molecular weight is 312 g/mol. The Balaban J connectivity index is 1.47. The van der Waals surface area contributed by atoms with Gasteiger partial charge in [0.2, 0.25) is 10.0 Å². The molecule has 5 rings (SSSR count). The highest BCUT2D eigenvalue weighted by Gasteiger charge is 2.53. The standard InChI is InChI=1S/C16H28N2O2S/c1-2-21(19,20)18-5-3-17(4-6-18)16-10-13-7-14(11-16)9-15(8-13)12-16/h13-15H,2-12H2,1H3. The highest BCUT2D eigenvalue weighted by atomic mass is 32.2. The summed E-state index contributed by atoms with van der Waals surface area (Å²) in [6.07, 6.45) is 8.59. The van der Waals surface area contributed by atoms with E-state index in [1.165, 1.54) is 38.5 Å². The summed E-state index contributed by atoms with van der Waals surface area (Å²) in [4.78, 5) is 2.68. The van der Waals surface area contributed by atoms with Gasteiger partial charge in [-0.15, -0.1) is 0 Å². The molecule has 1 aliphatic heterocycles. The van der Waals surface area contributed by atoms with Gasteiger partial charge in [-0.2, -0.15) is 4.31 Å². The lowest BCUT2D eigenvalue weighted by Gasteiger charge is -2.61. The third-order valence-corrected chi connectivity index (χ3v) is 8.56. The summed E-state index contributed by atoms with van der Waals surface area (Å²) < 4.78 is 25.7. The molecular weight excluding hydrogens is 284 g/mol. The van der Waals surface area contributed by atoms with Crippen LogP contribution in [0.4, 0.5) is 0 Å². The van der Waals surface area contributed by atoms with E-state index in [0.717, 1.165) is 30.8 Å². The number of piperazine rings is 1. The molecule has 4 saturated carbocycles. The minimum absolute atomic E-state index is 0.240. The third kappa shape index (κ3) is 2.36. The number of rotatable bonds is 3. The van der Waals surface area contributed by atoms with E-state index in [-0.39, 0.29) is 5.75 Å². The zero-order valence-corrected chi connectivity index (χ0v) is 13.9. The molecule has 0 radical (unpaired) electrons. The summed E-state index contributed by atoms with van der Waals surface area (Å²) in [5.41, 5.74) is 0.441. The molecule has 5 fully saturated rings. The van der Waals surface area contributed by atoms with Gasteiger partial charge in [-0.3, -0.25) is 4.90 Å². The van der Waals surface area contributed by atoms with E-state index >= 15 is 0 Å². The molecule has 4 aliphatic carbocycles. The van der Waals surface area contributed by atoms with Crippen molar-refractivity contribution in [3.05, 3.63) is 0 Å². The van der Waals surface area contributed by atoms with Crippen molar-refractivity contribution in [2.24, 2.45) is 17.8 Å². The van der Waals surface area contributed by atoms with Crippen LogP contribution in [0.15, 0.2) is 0 Å². The Morgan fingerprint density at radius 2 is 1.38 bits per heavy atom. The van der Waals surface area contributed by atoms with E-state index in [4.69, 9.17) is 0 Å². The van der Waals surface area contributed by atoms with Crippen molar-refractivity contribution in [2.75, 3.05) is 31.9 Å². The van der Waals surface area contributed by atoms with Crippen LogP contribution in [0.5, 0.6) is 0 Å². The van der Waals surface area contributed by atoms with E-state index < -0.39 is 10.0 Å². The van der Waals surface area contributed by atoms with Crippen molar-refractivity contribution >= 4 is 10.0 Å². The topological polar surface area (TPSA) is 40.6 Å². The van der Waals surface area contributed by atoms with Crippen LogP contribution in [0.1, 0.15) is 45.4 Å². The van der Waals surface area contributed by atoms with Gasteiger partial charge in [0.05, 0.1) is 5.75 Å². The fourth-order valence-corrected chi connectivity index (χ4v) is 7.16. The Morgan fingerprint density at radius 3 is 1.81 bits per heavy atom. The van der Waals surface area contributed by atoms with Gasteiger partial charge in [0.25, 0.3) is 0 Å². The molecule has 21 heavy (non-hydrogen) atoms. The molecule has 0 aromatic carbocycles. The van der Waals surface area contributed by atoms with Gasteiger partial charge in [-0.1, -0.05) is 0 Å². The fraction of sp³-hybridized carbons (Fsp3) is 1.00. The fourth-order valence-electron chi connectivity index (χ4n) is 6.08. The molecule has 0 amide bonds. The van der Waals surface area contributed by atoms with E-state index in [9.17, 15) is 8.42 Å². The van der Waals surface area contributed by atoms with Crippen LogP contribution in [0.3, 0.4) is 0 Å². The summed E-state index contributed by atoms with van der Waals surface area (Å²) in [6.45, 7) is 5.06. The van der Waals surface area contributed by atoms with E-state index in [1.54, 1.807) is 11.2 Å². The Labute approximate surface area is 128 Å². The van der Waals surface area contributed by atoms with Crippen molar-refractivity contribution < 1.29 is 8.42 Å². The maximum atomic E-state index is 12.0. The summed E-state index contributed by atoms with van der Waals surface area (Å²) >= 11 is 0. The first kappa shape index (κ1) is 14.5. The van der Waals surface area contributed by atoms with Crippen LogP contribution in [0.2, 0.25) is 0 Å². The molecule has 0 aromatic rings. The Morgan fingerprint density at radius 1 is 0.905 bits per heavy atom. The molecule has 0 N–H and O–H groups in total. The minimum Gasteiger partial charge on any atom is -0.295 e. The van der Waals surface area contributed by atoms with Gasteiger partial charge < -0.3 is 0 Å². The smallest absolute Gasteiger partial charge is 0.213 e. The van der Waals surface area contributed by atoms with E-state index in [0.29, 0.717) is 18.6 Å². The Kier molecular flexibility index (Phi) is 3.40. The lowest BCUT2D eigenvalue weighted by Crippen LogP contribution is -2.64. The van der Waals surface area contributed by atoms with Crippen LogP contribution in [0, 0.1) is 17.8 Å². The third-order valence-electron chi connectivity index (χ3n) is 6.67. The maximum Gasteiger partial charge on any atom is 0.213 e. The summed E-state index contributed by atoms with van der Waals surface area (Å²) in [6, 6.07) is 0. The first-order chi connectivity index (χ1) is 10.0. The van der Waals surface area contributed by atoms with Crippen LogP contribution in [-0.4, -0.2) is 55.1 Å². The van der Waals surface area contributed by atoms with Crippen LogP contribution in [-0.2, 0) is 10.0 Å². The summed E-state index contributed by atoms with van der Waals surface area (Å²) in [7, 11) is -2.99. The minimum atomic E-state index is -2.99. The zero-order valence-electron chi connectivity index (χ0n) is 13.1. The molecule has 0 aromatic heterocycles. The van der Waals surface area contributed by atoms with Crippen LogP contribution < -0.4 is 0 Å². The summed E-state index contributed by atoms with van der Waals surface area (Å²) in [5.74, 6) is 3.14. The maximum absolute atomic E-state index is 12.0. The van der Waals surface area contributed by atoms with Crippen molar-refractivity contribution in [3.8, 4) is 0 Å². The average Bonchev–Trinajstić information content (AvgIpc) is 2.46. The monoisotopic (exact) mass is 312 g/mol. The molecule has 1 heterocycles. The Bertz CT molecular complexity index is 473. The SMILES string of the molecule is CCS(=O)(=O)N1CCN(C23CC4CC(CC(C4)C2)C3)CC1. The van der Waals surface area contributed by atoms with Crippen LogP contribution in [0.25, 0.3) is 0 Å². The molecule has 0 spiro atoms. The molecule has 4 nitrogen and oxygen atoms in total. The zero-order chi connectivity index (χ0) is 14.7. The second-order valence-electron chi connectivity index (χ2n) is 7.93. The Hall–Kier alpha value is -0.130. The largest absolute Gasteiger partial charge is 0.295 e. The van der Waals surface area contributed by atoms with Crippen molar-refractivity contribution in [1.82, 2.24) is 9.21 Å². The van der Waals surface area contributed by atoms with Gasteiger partial charge in [0.15, 0.2) is 0 Å². The lowest BCUT2D eigenvalue weighted by atomic mass is 9.52. The number of hydrogen-bond donors (Lipinski definition) is 0. The number of nitrogens with zero attached hydrogens (tertiary/aromatic N) is 2. The highest BCUT2D eigenvalue weighted by molar-refractivity contribution is 7.89. The molecule has 0 unspecified atom stereocenters. The van der Waals surface area contributed by atoms with Gasteiger partial charge >= 0.3 is 0 Å². The van der Waals surface area contributed by atoms with Gasteiger partial charge in [0, 0.05) is 31.7 Å². The first-order valence-corrected chi connectivity index (χ1v) is 10.3. The predicted octanol–water partition coefficient (Wildman–Crippen LogP) is 1.92. The molecular formula is C16H28N2O2S. The molecule has 5 heteroatoms. The summed E-state index contributed by atoms with van der Waals surface area (Å²) in [5, 5.41) is 0. The molecule has 4 bridgehead atoms. The van der Waals surface area contributed by atoms with Crippen molar-refractivity contribution in [2.45, 2.75) is 51.0 Å². The lowest BCUT2D eigenvalue weighted by molar-refractivity contribution is -0.0964. The number of hydrogen-bond acceptors (Lipinski definition) is 3. The highest BCUT2D eigenvalue weighted by Crippen LogP contribution is 2.57. The van der Waals surface area contributed by atoms with E-state index in [2.05, 4.69) is 4.90 Å². The van der Waals surface area contributed by atoms with Gasteiger partial charge in [-0.05, 0) is 63.2 Å². The second-order valence-corrected chi connectivity index (χ2v) is 10.2. The van der Waals surface area contributed by atoms with Crippen molar-refractivity contribution in [1.29, 1.82) is 0 Å². The first-order valence-electron chi connectivity index (χ1n) is 8.74. The predicted molar refractivity (Wildman–Crippen MR) is 83.5 cm³/mol. The molecule has 120 valence electrons.